The standard InChI is InChI=1S/C18H34N2O/c1-13(2)20-11-15(9-18(21)16-6-7-16)8-17(12-20)19-10-14-4-3-5-14/h13-19,21H,3-12H2,1-2H3. The fourth-order valence-corrected chi connectivity index (χ4v) is 4.03. The van der Waals surface area contributed by atoms with Gasteiger partial charge in [0.1, 0.15) is 0 Å². The lowest BCUT2D eigenvalue weighted by molar-refractivity contribution is 0.0607. The van der Waals surface area contributed by atoms with E-state index in [0.717, 1.165) is 12.3 Å². The average molecular weight is 294 g/mol. The van der Waals surface area contributed by atoms with E-state index in [-0.39, 0.29) is 6.10 Å². The van der Waals surface area contributed by atoms with Crippen molar-refractivity contribution >= 4 is 0 Å². The van der Waals surface area contributed by atoms with Gasteiger partial charge in [0.15, 0.2) is 0 Å². The number of rotatable bonds is 7. The molecule has 0 aromatic rings. The van der Waals surface area contributed by atoms with Crippen LogP contribution in [-0.4, -0.2) is 47.8 Å². The zero-order valence-corrected chi connectivity index (χ0v) is 13.9. The van der Waals surface area contributed by atoms with Gasteiger partial charge in [-0.15, -0.1) is 0 Å². The van der Waals surface area contributed by atoms with Crippen LogP contribution in [0.4, 0.5) is 0 Å². The lowest BCUT2D eigenvalue weighted by Gasteiger charge is -2.42. The third kappa shape index (κ3) is 4.43. The molecule has 3 fully saturated rings. The lowest BCUT2D eigenvalue weighted by atomic mass is 9.84. The van der Waals surface area contributed by atoms with Gasteiger partial charge in [-0.3, -0.25) is 4.90 Å². The molecule has 2 saturated carbocycles. The van der Waals surface area contributed by atoms with Crippen molar-refractivity contribution in [2.75, 3.05) is 19.6 Å². The van der Waals surface area contributed by atoms with Gasteiger partial charge in [0.2, 0.25) is 0 Å². The second-order valence-electron chi connectivity index (χ2n) is 8.19. The molecule has 2 N–H and O–H groups in total. The molecule has 0 aromatic heterocycles. The Balaban J connectivity index is 1.49. The summed E-state index contributed by atoms with van der Waals surface area (Å²) in [6.45, 7) is 8.21. The van der Waals surface area contributed by atoms with Gasteiger partial charge in [-0.05, 0) is 76.7 Å². The van der Waals surface area contributed by atoms with Crippen molar-refractivity contribution in [3.8, 4) is 0 Å². The fourth-order valence-electron chi connectivity index (χ4n) is 4.03. The summed E-state index contributed by atoms with van der Waals surface area (Å²) in [7, 11) is 0. The first-order valence-electron chi connectivity index (χ1n) is 9.27. The summed E-state index contributed by atoms with van der Waals surface area (Å²) in [5.74, 6) is 2.24. The minimum absolute atomic E-state index is 0.0330. The van der Waals surface area contributed by atoms with E-state index < -0.39 is 0 Å². The summed E-state index contributed by atoms with van der Waals surface area (Å²) < 4.78 is 0. The second kappa shape index (κ2) is 6.97. The average Bonchev–Trinajstić information content (AvgIpc) is 3.20. The molecule has 0 spiro atoms. The van der Waals surface area contributed by atoms with Crippen molar-refractivity contribution in [3.63, 3.8) is 0 Å². The molecule has 1 heterocycles. The third-order valence-electron chi connectivity index (χ3n) is 5.96. The maximum atomic E-state index is 10.3. The van der Waals surface area contributed by atoms with Crippen molar-refractivity contribution in [2.24, 2.45) is 17.8 Å². The van der Waals surface area contributed by atoms with Gasteiger partial charge in [-0.2, -0.15) is 0 Å². The third-order valence-corrected chi connectivity index (χ3v) is 5.96. The van der Waals surface area contributed by atoms with Crippen molar-refractivity contribution in [1.29, 1.82) is 0 Å². The molecule has 3 nitrogen and oxygen atoms in total. The first kappa shape index (κ1) is 15.8. The number of aliphatic hydroxyl groups is 1. The predicted molar refractivity (Wildman–Crippen MR) is 87.3 cm³/mol. The Hall–Kier alpha value is -0.120. The van der Waals surface area contributed by atoms with Crippen molar-refractivity contribution in [1.82, 2.24) is 10.2 Å². The fraction of sp³-hybridized carbons (Fsp3) is 1.00. The Labute approximate surface area is 130 Å². The van der Waals surface area contributed by atoms with E-state index in [4.69, 9.17) is 0 Å². The van der Waals surface area contributed by atoms with Crippen LogP contribution in [0.15, 0.2) is 0 Å². The highest BCUT2D eigenvalue weighted by Gasteiger charge is 2.35. The van der Waals surface area contributed by atoms with E-state index in [1.165, 1.54) is 58.2 Å². The summed E-state index contributed by atoms with van der Waals surface area (Å²) >= 11 is 0. The molecule has 0 radical (unpaired) electrons. The number of nitrogens with one attached hydrogen (secondary N) is 1. The topological polar surface area (TPSA) is 35.5 Å². The molecule has 0 aromatic carbocycles. The van der Waals surface area contributed by atoms with Gasteiger partial charge < -0.3 is 10.4 Å². The van der Waals surface area contributed by atoms with Gasteiger partial charge in [-0.25, -0.2) is 0 Å². The number of nitrogens with zero attached hydrogens (tertiary/aromatic N) is 1. The van der Waals surface area contributed by atoms with E-state index in [1.807, 2.05) is 0 Å². The maximum absolute atomic E-state index is 10.3. The van der Waals surface area contributed by atoms with Gasteiger partial charge in [0, 0.05) is 25.2 Å². The minimum Gasteiger partial charge on any atom is -0.393 e. The number of likely N-dealkylation sites (tertiary alicyclic amines) is 1. The summed E-state index contributed by atoms with van der Waals surface area (Å²) in [5, 5.41) is 14.1. The zero-order valence-electron chi connectivity index (χ0n) is 13.9. The Morgan fingerprint density at radius 3 is 2.43 bits per heavy atom. The van der Waals surface area contributed by atoms with Gasteiger partial charge in [0.05, 0.1) is 6.10 Å². The Bertz CT molecular complexity index is 323. The molecule has 3 atom stereocenters. The van der Waals surface area contributed by atoms with Crippen LogP contribution in [0.5, 0.6) is 0 Å². The molecule has 2 aliphatic carbocycles. The summed E-state index contributed by atoms with van der Waals surface area (Å²) in [6, 6.07) is 1.26. The van der Waals surface area contributed by atoms with Gasteiger partial charge in [0.25, 0.3) is 0 Å². The number of piperidine rings is 1. The van der Waals surface area contributed by atoms with Crippen LogP contribution < -0.4 is 5.32 Å². The second-order valence-corrected chi connectivity index (χ2v) is 8.19. The van der Waals surface area contributed by atoms with Crippen LogP contribution >= 0.6 is 0 Å². The zero-order chi connectivity index (χ0) is 14.8. The monoisotopic (exact) mass is 294 g/mol. The van der Waals surface area contributed by atoms with E-state index in [9.17, 15) is 5.11 Å². The molecule has 0 amide bonds. The van der Waals surface area contributed by atoms with Crippen LogP contribution in [0.3, 0.4) is 0 Å². The molecule has 3 rings (SSSR count). The quantitative estimate of drug-likeness (QED) is 0.758. The van der Waals surface area contributed by atoms with Crippen LogP contribution in [0.2, 0.25) is 0 Å². The molecule has 1 aliphatic heterocycles. The van der Waals surface area contributed by atoms with E-state index in [0.29, 0.717) is 23.9 Å². The summed E-state index contributed by atoms with van der Waals surface area (Å²) in [6.07, 6.45) is 9.06. The van der Waals surface area contributed by atoms with Crippen LogP contribution in [0.25, 0.3) is 0 Å². The Morgan fingerprint density at radius 2 is 1.86 bits per heavy atom. The molecule has 3 unspecified atom stereocenters. The van der Waals surface area contributed by atoms with Crippen LogP contribution in [-0.2, 0) is 0 Å². The molecule has 21 heavy (non-hydrogen) atoms. The first-order chi connectivity index (χ1) is 10.1. The summed E-state index contributed by atoms with van der Waals surface area (Å²) in [4.78, 5) is 2.62. The SMILES string of the molecule is CC(C)N1CC(CC(O)C2CC2)CC(NCC2CCC2)C1. The highest BCUT2D eigenvalue weighted by Crippen LogP contribution is 2.36. The largest absolute Gasteiger partial charge is 0.393 e. The van der Waals surface area contributed by atoms with E-state index >= 15 is 0 Å². The molecule has 122 valence electrons. The lowest BCUT2D eigenvalue weighted by Crippen LogP contribution is -2.52. The predicted octanol–water partition coefficient (Wildman–Crippen LogP) is 2.64. The Kier molecular flexibility index (Phi) is 5.23. The van der Waals surface area contributed by atoms with E-state index in [1.54, 1.807) is 0 Å². The van der Waals surface area contributed by atoms with Crippen molar-refractivity contribution in [3.05, 3.63) is 0 Å². The minimum atomic E-state index is -0.0330. The smallest absolute Gasteiger partial charge is 0.0571 e. The number of hydrogen-bond acceptors (Lipinski definition) is 3. The summed E-state index contributed by atoms with van der Waals surface area (Å²) in [5.41, 5.74) is 0. The molecule has 3 heteroatoms. The first-order valence-corrected chi connectivity index (χ1v) is 9.27. The molecule has 1 saturated heterocycles. The molecule has 3 aliphatic rings. The highest BCUT2D eigenvalue weighted by atomic mass is 16.3. The molecular formula is C18H34N2O. The highest BCUT2D eigenvalue weighted by molar-refractivity contribution is 4.89. The van der Waals surface area contributed by atoms with Gasteiger partial charge in [-0.1, -0.05) is 6.42 Å². The van der Waals surface area contributed by atoms with Crippen molar-refractivity contribution < 1.29 is 5.11 Å². The molecular weight excluding hydrogens is 260 g/mol. The van der Waals surface area contributed by atoms with Gasteiger partial charge >= 0.3 is 0 Å². The Morgan fingerprint density at radius 1 is 1.10 bits per heavy atom. The van der Waals surface area contributed by atoms with Crippen molar-refractivity contribution in [2.45, 2.75) is 77.0 Å². The van der Waals surface area contributed by atoms with Crippen LogP contribution in [0, 0.1) is 17.8 Å². The van der Waals surface area contributed by atoms with E-state index in [2.05, 4.69) is 24.1 Å². The number of aliphatic hydroxyl groups excluding tert-OH is 1. The maximum Gasteiger partial charge on any atom is 0.0571 e. The number of hydrogen-bond donors (Lipinski definition) is 2. The normalized spacial score (nSPS) is 33.1. The molecule has 0 bridgehead atoms. The van der Waals surface area contributed by atoms with Crippen LogP contribution in [0.1, 0.15) is 58.8 Å².